The van der Waals surface area contributed by atoms with Crippen LogP contribution in [0.4, 0.5) is 14.5 Å². The van der Waals surface area contributed by atoms with Gasteiger partial charge >= 0.3 is 6.01 Å². The van der Waals surface area contributed by atoms with Crippen molar-refractivity contribution in [3.63, 3.8) is 0 Å². The minimum Gasteiger partial charge on any atom is -0.460 e. The molecule has 1 amide bonds. The van der Waals surface area contributed by atoms with Crippen LogP contribution >= 0.6 is 0 Å². The van der Waals surface area contributed by atoms with Crippen LogP contribution in [0.3, 0.4) is 0 Å². The van der Waals surface area contributed by atoms with Gasteiger partial charge in [-0.3, -0.25) is 4.79 Å². The third-order valence-electron chi connectivity index (χ3n) is 4.81. The van der Waals surface area contributed by atoms with Crippen molar-refractivity contribution in [2.24, 2.45) is 0 Å². The summed E-state index contributed by atoms with van der Waals surface area (Å²) in [6, 6.07) is 18.3. The highest BCUT2D eigenvalue weighted by Crippen LogP contribution is 2.25. The van der Waals surface area contributed by atoms with Crippen LogP contribution in [0.1, 0.15) is 17.3 Å². The molecular formula is C25H22F2N4O3. The lowest BCUT2D eigenvalue weighted by atomic mass is 10.2. The number of aromatic nitrogens is 3. The molecule has 7 nitrogen and oxygen atoms in total. The molecule has 0 spiro atoms. The van der Waals surface area contributed by atoms with Gasteiger partial charge in [0.1, 0.15) is 18.2 Å². The summed E-state index contributed by atoms with van der Waals surface area (Å²) in [6.45, 7) is 3.13. The Morgan fingerprint density at radius 2 is 1.74 bits per heavy atom. The highest BCUT2D eigenvalue weighted by molar-refractivity contribution is 6.04. The third kappa shape index (κ3) is 5.62. The van der Waals surface area contributed by atoms with E-state index >= 15 is 0 Å². The number of carbonyl (C=O) groups excluding carboxylic acids is 1. The van der Waals surface area contributed by atoms with Crippen molar-refractivity contribution in [2.45, 2.75) is 6.92 Å². The Morgan fingerprint density at radius 1 is 0.971 bits per heavy atom. The molecule has 9 heteroatoms. The molecule has 1 aromatic heterocycles. The first kappa shape index (κ1) is 23.1. The fourth-order valence-corrected chi connectivity index (χ4v) is 3.18. The second-order valence-corrected chi connectivity index (χ2v) is 7.19. The summed E-state index contributed by atoms with van der Waals surface area (Å²) in [6.07, 6.45) is 0. The van der Waals surface area contributed by atoms with Gasteiger partial charge in [-0.15, -0.1) is 5.10 Å². The molecule has 1 N–H and O–H groups in total. The van der Waals surface area contributed by atoms with Gasteiger partial charge in [-0.25, -0.2) is 13.5 Å². The average Bonchev–Trinajstić information content (AvgIpc) is 3.27. The van der Waals surface area contributed by atoms with Crippen LogP contribution in [0.15, 0.2) is 72.8 Å². The number of benzene rings is 3. The van der Waals surface area contributed by atoms with E-state index in [1.54, 1.807) is 36.4 Å². The van der Waals surface area contributed by atoms with Crippen molar-refractivity contribution in [3.8, 4) is 23.1 Å². The van der Waals surface area contributed by atoms with Gasteiger partial charge in [0.05, 0.1) is 12.3 Å². The molecule has 4 rings (SSSR count). The van der Waals surface area contributed by atoms with E-state index in [1.807, 2.05) is 6.92 Å². The van der Waals surface area contributed by atoms with E-state index in [0.717, 1.165) is 0 Å². The first-order chi connectivity index (χ1) is 16.5. The smallest absolute Gasteiger partial charge is 0.336 e. The summed E-state index contributed by atoms with van der Waals surface area (Å²) in [5.41, 5.74) is 2.04. The van der Waals surface area contributed by atoms with Gasteiger partial charge in [0.15, 0.2) is 5.82 Å². The lowest BCUT2D eigenvalue weighted by molar-refractivity contribution is 0.102. The van der Waals surface area contributed by atoms with E-state index in [-0.39, 0.29) is 18.5 Å². The van der Waals surface area contributed by atoms with Gasteiger partial charge in [0.2, 0.25) is 0 Å². The molecule has 34 heavy (non-hydrogen) atoms. The van der Waals surface area contributed by atoms with Gasteiger partial charge in [-0.05, 0) is 67.6 Å². The fraction of sp³-hybridized carbons (Fsp3) is 0.160. The topological polar surface area (TPSA) is 78.3 Å². The van der Waals surface area contributed by atoms with Crippen LogP contribution < -0.4 is 10.1 Å². The summed E-state index contributed by atoms with van der Waals surface area (Å²) >= 11 is 0. The van der Waals surface area contributed by atoms with Crippen molar-refractivity contribution >= 4 is 11.6 Å². The van der Waals surface area contributed by atoms with Crippen molar-refractivity contribution in [3.05, 3.63) is 90.0 Å². The van der Waals surface area contributed by atoms with E-state index in [0.29, 0.717) is 41.5 Å². The molecule has 0 unspecified atom stereocenters. The molecule has 3 aromatic carbocycles. The summed E-state index contributed by atoms with van der Waals surface area (Å²) < 4.78 is 39.3. The maximum absolute atomic E-state index is 13.9. The van der Waals surface area contributed by atoms with Gasteiger partial charge in [0.25, 0.3) is 5.91 Å². The molecule has 0 radical (unpaired) electrons. The normalized spacial score (nSPS) is 10.8. The minimum atomic E-state index is -0.413. The molecule has 0 saturated heterocycles. The van der Waals surface area contributed by atoms with Crippen molar-refractivity contribution in [1.82, 2.24) is 14.8 Å². The zero-order valence-electron chi connectivity index (χ0n) is 18.4. The Balaban J connectivity index is 1.57. The number of hydrogen-bond donors (Lipinski definition) is 1. The van der Waals surface area contributed by atoms with Gasteiger partial charge < -0.3 is 14.8 Å². The molecule has 0 aliphatic carbocycles. The maximum Gasteiger partial charge on any atom is 0.336 e. The van der Waals surface area contributed by atoms with Crippen LogP contribution in [0.25, 0.3) is 17.1 Å². The number of amides is 1. The van der Waals surface area contributed by atoms with Crippen molar-refractivity contribution in [1.29, 1.82) is 0 Å². The first-order valence-corrected chi connectivity index (χ1v) is 10.6. The largest absolute Gasteiger partial charge is 0.460 e. The van der Waals surface area contributed by atoms with Gasteiger partial charge in [-0.1, -0.05) is 12.1 Å². The van der Waals surface area contributed by atoms with Crippen LogP contribution in [-0.2, 0) is 4.74 Å². The van der Waals surface area contributed by atoms with E-state index < -0.39 is 11.6 Å². The molecule has 0 bridgehead atoms. The van der Waals surface area contributed by atoms with Crippen molar-refractivity contribution in [2.75, 3.05) is 25.1 Å². The monoisotopic (exact) mass is 464 g/mol. The number of hydrogen-bond acceptors (Lipinski definition) is 5. The number of halogens is 2. The molecule has 1 heterocycles. The SMILES string of the molecule is CCOCCOc1nc(-c2cccc(F)c2)n(-c2ccc(NC(=O)c3ccc(F)cc3)cc2)n1. The van der Waals surface area contributed by atoms with E-state index in [1.165, 1.54) is 41.1 Å². The van der Waals surface area contributed by atoms with E-state index in [2.05, 4.69) is 15.4 Å². The standard InChI is InChI=1S/C25H22F2N4O3/c1-2-33-14-15-34-25-29-23(18-4-3-5-20(27)16-18)31(30-25)22-12-10-21(11-13-22)28-24(32)17-6-8-19(26)9-7-17/h3-13,16H,2,14-15H2,1H3,(H,28,32). The summed E-state index contributed by atoms with van der Waals surface area (Å²) in [5, 5.41) is 7.17. The number of nitrogens with zero attached hydrogens (tertiary/aromatic N) is 3. The average molecular weight is 464 g/mol. The van der Waals surface area contributed by atoms with Crippen LogP contribution in [0.5, 0.6) is 6.01 Å². The Morgan fingerprint density at radius 3 is 2.44 bits per heavy atom. The molecule has 0 aliphatic heterocycles. The number of rotatable bonds is 9. The van der Waals surface area contributed by atoms with E-state index in [4.69, 9.17) is 9.47 Å². The van der Waals surface area contributed by atoms with Crippen LogP contribution in [0, 0.1) is 11.6 Å². The lowest BCUT2D eigenvalue weighted by Crippen LogP contribution is -2.12. The molecule has 4 aromatic rings. The molecule has 0 aliphatic rings. The Kier molecular flexibility index (Phi) is 7.24. The molecule has 0 atom stereocenters. The molecular weight excluding hydrogens is 442 g/mol. The molecule has 0 saturated carbocycles. The predicted molar refractivity (Wildman–Crippen MR) is 123 cm³/mol. The number of carbonyl (C=O) groups is 1. The first-order valence-electron chi connectivity index (χ1n) is 10.6. The maximum atomic E-state index is 13.9. The van der Waals surface area contributed by atoms with Gasteiger partial charge in [0, 0.05) is 23.4 Å². The highest BCUT2D eigenvalue weighted by atomic mass is 19.1. The zero-order chi connectivity index (χ0) is 23.9. The number of anilines is 1. The second-order valence-electron chi connectivity index (χ2n) is 7.19. The Labute approximate surface area is 195 Å². The summed E-state index contributed by atoms with van der Waals surface area (Å²) in [7, 11) is 0. The fourth-order valence-electron chi connectivity index (χ4n) is 3.18. The summed E-state index contributed by atoms with van der Waals surface area (Å²) in [5.74, 6) is -0.776. The summed E-state index contributed by atoms with van der Waals surface area (Å²) in [4.78, 5) is 16.8. The Hall–Kier alpha value is -4.11. The highest BCUT2D eigenvalue weighted by Gasteiger charge is 2.16. The minimum absolute atomic E-state index is 0.132. The van der Waals surface area contributed by atoms with Crippen LogP contribution in [0.2, 0.25) is 0 Å². The predicted octanol–water partition coefficient (Wildman–Crippen LogP) is 4.88. The number of ether oxygens (including phenoxy) is 2. The van der Waals surface area contributed by atoms with Crippen LogP contribution in [-0.4, -0.2) is 40.5 Å². The number of nitrogens with one attached hydrogen (secondary N) is 1. The third-order valence-corrected chi connectivity index (χ3v) is 4.81. The quantitative estimate of drug-likeness (QED) is 0.357. The van der Waals surface area contributed by atoms with Crippen molar-refractivity contribution < 1.29 is 23.0 Å². The zero-order valence-corrected chi connectivity index (χ0v) is 18.4. The molecule has 174 valence electrons. The lowest BCUT2D eigenvalue weighted by Gasteiger charge is -2.09. The second kappa shape index (κ2) is 10.7. The van der Waals surface area contributed by atoms with E-state index in [9.17, 15) is 13.6 Å². The molecule has 0 fully saturated rings. The Bertz CT molecular complexity index is 1260. The van der Waals surface area contributed by atoms with Gasteiger partial charge in [-0.2, -0.15) is 4.98 Å².